The van der Waals surface area contributed by atoms with Crippen molar-refractivity contribution in [2.75, 3.05) is 11.9 Å². The van der Waals surface area contributed by atoms with Crippen LogP contribution < -0.4 is 10.6 Å². The van der Waals surface area contributed by atoms with Crippen molar-refractivity contribution in [1.82, 2.24) is 30.0 Å². The highest BCUT2D eigenvalue weighted by Crippen LogP contribution is 2.19. The molecule has 0 aromatic carbocycles. The molecule has 0 aliphatic heterocycles. The summed E-state index contributed by atoms with van der Waals surface area (Å²) < 4.78 is 1.68. The van der Waals surface area contributed by atoms with Crippen molar-refractivity contribution in [2.24, 2.45) is 13.0 Å². The van der Waals surface area contributed by atoms with Gasteiger partial charge in [0.15, 0.2) is 0 Å². The Kier molecular flexibility index (Phi) is 5.61. The number of aryl methyl sites for hydroxylation is 1. The second-order valence-corrected chi connectivity index (χ2v) is 5.72. The first-order valence-electron chi connectivity index (χ1n) is 7.72. The Labute approximate surface area is 135 Å². The van der Waals surface area contributed by atoms with E-state index in [-0.39, 0.29) is 11.9 Å². The maximum atomic E-state index is 12.4. The highest BCUT2D eigenvalue weighted by molar-refractivity contribution is 5.93. The van der Waals surface area contributed by atoms with Gasteiger partial charge in [-0.2, -0.15) is 5.10 Å². The molecule has 1 amide bonds. The Balaban J connectivity index is 2.12. The summed E-state index contributed by atoms with van der Waals surface area (Å²) in [5.74, 6) is 1.43. The number of hydrogen-bond acceptors (Lipinski definition) is 6. The van der Waals surface area contributed by atoms with Crippen LogP contribution in [0.1, 0.15) is 49.4 Å². The van der Waals surface area contributed by atoms with Crippen LogP contribution in [0.4, 0.5) is 5.95 Å². The van der Waals surface area contributed by atoms with Gasteiger partial charge in [-0.25, -0.2) is 15.0 Å². The molecule has 8 heteroatoms. The maximum absolute atomic E-state index is 12.4. The average Bonchev–Trinajstić information content (AvgIpc) is 2.93. The van der Waals surface area contributed by atoms with Crippen molar-refractivity contribution in [3.63, 3.8) is 0 Å². The third kappa shape index (κ3) is 4.48. The van der Waals surface area contributed by atoms with Crippen molar-refractivity contribution < 1.29 is 4.79 Å². The molecule has 0 spiro atoms. The zero-order chi connectivity index (χ0) is 16.8. The number of anilines is 1. The molecular formula is C15H23N7O. The molecule has 0 radical (unpaired) electrons. The van der Waals surface area contributed by atoms with E-state index in [2.05, 4.69) is 44.5 Å². The summed E-state index contributed by atoms with van der Waals surface area (Å²) in [5.41, 5.74) is 0.419. The lowest BCUT2D eigenvalue weighted by molar-refractivity contribution is 0.0928. The quantitative estimate of drug-likeness (QED) is 0.804. The number of hydrogen-bond donors (Lipinski definition) is 2. The first-order chi connectivity index (χ1) is 11.0. The Morgan fingerprint density at radius 1 is 1.26 bits per heavy atom. The summed E-state index contributed by atoms with van der Waals surface area (Å²) in [6.45, 7) is 6.89. The normalized spacial score (nSPS) is 12.2. The molecule has 2 N–H and O–H groups in total. The third-order valence-electron chi connectivity index (χ3n) is 3.32. The van der Waals surface area contributed by atoms with Crippen molar-refractivity contribution in [2.45, 2.75) is 33.2 Å². The van der Waals surface area contributed by atoms with E-state index in [9.17, 15) is 4.79 Å². The van der Waals surface area contributed by atoms with E-state index >= 15 is 0 Å². The molecule has 0 saturated carbocycles. The molecule has 0 saturated heterocycles. The number of nitrogens with zero attached hydrogens (tertiary/aromatic N) is 5. The third-order valence-corrected chi connectivity index (χ3v) is 3.32. The van der Waals surface area contributed by atoms with Gasteiger partial charge in [0.1, 0.15) is 12.2 Å². The second kappa shape index (κ2) is 7.66. The monoisotopic (exact) mass is 317 g/mol. The summed E-state index contributed by atoms with van der Waals surface area (Å²) >= 11 is 0. The van der Waals surface area contributed by atoms with Gasteiger partial charge in [0.25, 0.3) is 5.91 Å². The van der Waals surface area contributed by atoms with Crippen LogP contribution in [-0.4, -0.2) is 37.2 Å². The minimum absolute atomic E-state index is 0.205. The predicted molar refractivity (Wildman–Crippen MR) is 86.9 cm³/mol. The maximum Gasteiger partial charge on any atom is 0.255 e. The number of amides is 1. The molecule has 1 atom stereocenters. The van der Waals surface area contributed by atoms with Crippen LogP contribution in [0.15, 0.2) is 18.7 Å². The standard InChI is InChI=1S/C15H23N7O/c1-5-16-15-17-7-11(8-18-15)14(23)21-12(6-10(2)3)13-19-9-20-22(13)4/h7-10,12H,5-6H2,1-4H3,(H,21,23)(H,16,17,18)/t12-/m0/s1. The van der Waals surface area contributed by atoms with Gasteiger partial charge in [-0.3, -0.25) is 9.48 Å². The van der Waals surface area contributed by atoms with E-state index < -0.39 is 0 Å². The molecule has 124 valence electrons. The molecule has 8 nitrogen and oxygen atoms in total. The van der Waals surface area contributed by atoms with Crippen molar-refractivity contribution in [3.8, 4) is 0 Å². The molecule has 0 fully saturated rings. The molecule has 2 aromatic rings. The molecule has 0 bridgehead atoms. The summed E-state index contributed by atoms with van der Waals surface area (Å²) in [7, 11) is 1.82. The highest BCUT2D eigenvalue weighted by Gasteiger charge is 2.21. The number of aromatic nitrogens is 5. The van der Waals surface area contributed by atoms with Crippen LogP contribution in [0.3, 0.4) is 0 Å². The lowest BCUT2D eigenvalue weighted by Gasteiger charge is -2.19. The van der Waals surface area contributed by atoms with Gasteiger partial charge in [-0.15, -0.1) is 0 Å². The molecule has 2 heterocycles. The van der Waals surface area contributed by atoms with Gasteiger partial charge < -0.3 is 10.6 Å². The van der Waals surface area contributed by atoms with Crippen LogP contribution in [0.25, 0.3) is 0 Å². The molecular weight excluding hydrogens is 294 g/mol. The van der Waals surface area contributed by atoms with E-state index in [1.54, 1.807) is 4.68 Å². The molecule has 0 aliphatic carbocycles. The Morgan fingerprint density at radius 2 is 1.96 bits per heavy atom. The van der Waals surface area contributed by atoms with Crippen LogP contribution in [0, 0.1) is 5.92 Å². The first-order valence-corrected chi connectivity index (χ1v) is 7.72. The fraction of sp³-hybridized carbons (Fsp3) is 0.533. The van der Waals surface area contributed by atoms with Gasteiger partial charge in [0, 0.05) is 26.0 Å². The topological polar surface area (TPSA) is 97.6 Å². The van der Waals surface area contributed by atoms with Crippen LogP contribution in [0.2, 0.25) is 0 Å². The fourth-order valence-electron chi connectivity index (χ4n) is 2.26. The highest BCUT2D eigenvalue weighted by atomic mass is 16.1. The zero-order valence-corrected chi connectivity index (χ0v) is 13.9. The molecule has 2 rings (SSSR count). The van der Waals surface area contributed by atoms with Crippen LogP contribution in [-0.2, 0) is 7.05 Å². The molecule has 0 aliphatic rings. The predicted octanol–water partition coefficient (Wildman–Crippen LogP) is 1.55. The second-order valence-electron chi connectivity index (χ2n) is 5.72. The van der Waals surface area contributed by atoms with Gasteiger partial charge in [0.05, 0.1) is 11.6 Å². The molecule has 0 unspecified atom stereocenters. The van der Waals surface area contributed by atoms with E-state index in [0.717, 1.165) is 18.8 Å². The van der Waals surface area contributed by atoms with Gasteiger partial charge in [0.2, 0.25) is 5.95 Å². The van der Waals surface area contributed by atoms with Gasteiger partial charge in [-0.1, -0.05) is 13.8 Å². The van der Waals surface area contributed by atoms with Crippen LogP contribution in [0.5, 0.6) is 0 Å². The number of carbonyl (C=O) groups excluding carboxylic acids is 1. The minimum Gasteiger partial charge on any atom is -0.355 e. The van der Waals surface area contributed by atoms with Crippen LogP contribution >= 0.6 is 0 Å². The fourth-order valence-corrected chi connectivity index (χ4v) is 2.26. The van der Waals surface area contributed by atoms with E-state index in [1.165, 1.54) is 18.7 Å². The zero-order valence-electron chi connectivity index (χ0n) is 13.9. The van der Waals surface area contributed by atoms with Gasteiger partial charge in [-0.05, 0) is 19.3 Å². The number of nitrogens with one attached hydrogen (secondary N) is 2. The number of rotatable bonds is 7. The SMILES string of the molecule is CCNc1ncc(C(=O)N[C@@H](CC(C)C)c2ncnn2C)cn1. The number of carbonyl (C=O) groups is 1. The molecule has 2 aromatic heterocycles. The smallest absolute Gasteiger partial charge is 0.255 e. The largest absolute Gasteiger partial charge is 0.355 e. The Morgan fingerprint density at radius 3 is 2.48 bits per heavy atom. The summed E-state index contributed by atoms with van der Waals surface area (Å²) in [6, 6.07) is -0.205. The van der Waals surface area contributed by atoms with E-state index in [1.807, 2.05) is 14.0 Å². The van der Waals surface area contributed by atoms with Crippen molar-refractivity contribution in [1.29, 1.82) is 0 Å². The summed E-state index contributed by atoms with van der Waals surface area (Å²) in [5, 5.41) is 10.1. The lowest BCUT2D eigenvalue weighted by atomic mass is 10.0. The van der Waals surface area contributed by atoms with Crippen molar-refractivity contribution >= 4 is 11.9 Å². The average molecular weight is 317 g/mol. The Bertz CT molecular complexity index is 636. The molecule has 23 heavy (non-hydrogen) atoms. The van der Waals surface area contributed by atoms with E-state index in [0.29, 0.717) is 17.4 Å². The lowest BCUT2D eigenvalue weighted by Crippen LogP contribution is -2.31. The first kappa shape index (κ1) is 16.9. The Hall–Kier alpha value is -2.51. The summed E-state index contributed by atoms with van der Waals surface area (Å²) in [4.78, 5) is 24.9. The van der Waals surface area contributed by atoms with E-state index in [4.69, 9.17) is 0 Å². The van der Waals surface area contributed by atoms with Gasteiger partial charge >= 0.3 is 0 Å². The minimum atomic E-state index is -0.221. The van der Waals surface area contributed by atoms with Crippen molar-refractivity contribution in [3.05, 3.63) is 30.1 Å². The summed E-state index contributed by atoms with van der Waals surface area (Å²) in [6.07, 6.45) is 5.30.